The average molecular weight is 316 g/mol. The molecule has 2 heterocycles. The molecule has 1 aromatic carbocycles. The maximum absolute atomic E-state index is 12.3. The number of hydrogen-bond donors (Lipinski definition) is 2. The molecule has 2 N–H and O–H groups in total. The van der Waals surface area contributed by atoms with Gasteiger partial charge >= 0.3 is 12.0 Å². The molecule has 6 heteroatoms. The highest BCUT2D eigenvalue weighted by molar-refractivity contribution is 5.82. The topological polar surface area (TPSA) is 82.8 Å². The minimum atomic E-state index is -0.838. The molecule has 1 fully saturated rings. The van der Waals surface area contributed by atoms with Gasteiger partial charge in [-0.2, -0.15) is 0 Å². The smallest absolute Gasteiger partial charge is 0.317 e. The lowest BCUT2D eigenvalue weighted by Gasteiger charge is -2.34. The SMILES string of the molecule is CC1CC(C(=O)O)CN(C(=O)NCc2coc3ccccc23)C1. The van der Waals surface area contributed by atoms with Crippen LogP contribution in [0.15, 0.2) is 34.9 Å². The number of urea groups is 1. The monoisotopic (exact) mass is 316 g/mol. The summed E-state index contributed by atoms with van der Waals surface area (Å²) in [6, 6.07) is 7.42. The Hall–Kier alpha value is -2.50. The molecule has 2 aromatic rings. The van der Waals surface area contributed by atoms with Crippen molar-refractivity contribution in [2.24, 2.45) is 11.8 Å². The number of nitrogens with zero attached hydrogens (tertiary/aromatic N) is 1. The van der Waals surface area contributed by atoms with Crippen LogP contribution in [0.25, 0.3) is 11.0 Å². The summed E-state index contributed by atoms with van der Waals surface area (Å²) >= 11 is 0. The lowest BCUT2D eigenvalue weighted by molar-refractivity contribution is -0.143. The van der Waals surface area contributed by atoms with Gasteiger partial charge in [-0.15, -0.1) is 0 Å². The first kappa shape index (κ1) is 15.4. The van der Waals surface area contributed by atoms with Gasteiger partial charge in [0.2, 0.25) is 0 Å². The number of fused-ring (bicyclic) bond motifs is 1. The Morgan fingerprint density at radius 3 is 2.91 bits per heavy atom. The van der Waals surface area contributed by atoms with Crippen molar-refractivity contribution in [3.8, 4) is 0 Å². The number of carboxylic acid groups (broad SMARTS) is 1. The molecule has 122 valence electrons. The summed E-state index contributed by atoms with van der Waals surface area (Å²) < 4.78 is 5.45. The van der Waals surface area contributed by atoms with Crippen molar-refractivity contribution in [2.45, 2.75) is 19.9 Å². The zero-order chi connectivity index (χ0) is 16.4. The third-order valence-electron chi connectivity index (χ3n) is 4.29. The van der Waals surface area contributed by atoms with Gasteiger partial charge in [-0.3, -0.25) is 4.79 Å². The number of amides is 2. The zero-order valence-corrected chi connectivity index (χ0v) is 13.0. The van der Waals surface area contributed by atoms with Gasteiger partial charge in [-0.05, 0) is 18.4 Å². The number of aliphatic carboxylic acids is 1. The molecule has 0 saturated carbocycles. The number of carbonyl (C=O) groups excluding carboxylic acids is 1. The molecule has 1 aliphatic rings. The van der Waals surface area contributed by atoms with E-state index in [4.69, 9.17) is 4.42 Å². The number of furan rings is 1. The lowest BCUT2D eigenvalue weighted by atomic mass is 9.91. The molecule has 2 atom stereocenters. The molecular formula is C17H20N2O4. The number of carbonyl (C=O) groups is 2. The van der Waals surface area contributed by atoms with E-state index in [1.54, 1.807) is 11.2 Å². The second-order valence-corrected chi connectivity index (χ2v) is 6.20. The number of para-hydroxylation sites is 1. The van der Waals surface area contributed by atoms with Crippen LogP contribution in [-0.2, 0) is 11.3 Å². The largest absolute Gasteiger partial charge is 0.481 e. The Morgan fingerprint density at radius 1 is 1.35 bits per heavy atom. The van der Waals surface area contributed by atoms with Crippen LogP contribution in [0.5, 0.6) is 0 Å². The minimum absolute atomic E-state index is 0.186. The fourth-order valence-corrected chi connectivity index (χ4v) is 3.15. The summed E-state index contributed by atoms with van der Waals surface area (Å²) in [6.07, 6.45) is 2.26. The van der Waals surface area contributed by atoms with Crippen LogP contribution in [0.2, 0.25) is 0 Å². The first-order valence-electron chi connectivity index (χ1n) is 7.75. The van der Waals surface area contributed by atoms with Crippen molar-refractivity contribution < 1.29 is 19.1 Å². The van der Waals surface area contributed by atoms with Crippen LogP contribution in [-0.4, -0.2) is 35.1 Å². The Morgan fingerprint density at radius 2 is 2.13 bits per heavy atom. The first-order chi connectivity index (χ1) is 11.0. The quantitative estimate of drug-likeness (QED) is 0.912. The molecule has 0 spiro atoms. The summed E-state index contributed by atoms with van der Waals surface area (Å²) in [5, 5.41) is 13.0. The fourth-order valence-electron chi connectivity index (χ4n) is 3.15. The molecule has 0 radical (unpaired) electrons. The van der Waals surface area contributed by atoms with Gasteiger partial charge in [-0.1, -0.05) is 25.1 Å². The van der Waals surface area contributed by atoms with Crippen molar-refractivity contribution in [1.82, 2.24) is 10.2 Å². The number of piperidine rings is 1. The molecule has 23 heavy (non-hydrogen) atoms. The van der Waals surface area contributed by atoms with Crippen molar-refractivity contribution in [3.05, 3.63) is 36.1 Å². The number of carboxylic acids is 1. The average Bonchev–Trinajstić information content (AvgIpc) is 2.95. The Labute approximate surface area is 134 Å². The second-order valence-electron chi connectivity index (χ2n) is 6.20. The van der Waals surface area contributed by atoms with Gasteiger partial charge in [0.1, 0.15) is 5.58 Å². The van der Waals surface area contributed by atoms with Crippen molar-refractivity contribution >= 4 is 23.0 Å². The van der Waals surface area contributed by atoms with Gasteiger partial charge in [0.25, 0.3) is 0 Å². The maximum atomic E-state index is 12.3. The third-order valence-corrected chi connectivity index (χ3v) is 4.29. The molecule has 0 aliphatic carbocycles. The summed E-state index contributed by atoms with van der Waals surface area (Å²) in [5.41, 5.74) is 1.70. The number of benzene rings is 1. The summed E-state index contributed by atoms with van der Waals surface area (Å²) in [7, 11) is 0. The Kier molecular flexibility index (Phi) is 4.23. The molecule has 6 nitrogen and oxygen atoms in total. The molecule has 0 bridgehead atoms. The molecule has 1 saturated heterocycles. The van der Waals surface area contributed by atoms with E-state index in [1.165, 1.54) is 0 Å². The van der Waals surface area contributed by atoms with E-state index in [2.05, 4.69) is 5.32 Å². The van der Waals surface area contributed by atoms with Gasteiger partial charge in [0.05, 0.1) is 12.2 Å². The van der Waals surface area contributed by atoms with E-state index in [9.17, 15) is 14.7 Å². The zero-order valence-electron chi connectivity index (χ0n) is 13.0. The summed E-state index contributed by atoms with van der Waals surface area (Å²) in [5.74, 6) is -1.14. The number of rotatable bonds is 3. The highest BCUT2D eigenvalue weighted by Crippen LogP contribution is 2.23. The van der Waals surface area contributed by atoms with Gasteiger partial charge < -0.3 is 19.7 Å². The number of hydrogen-bond acceptors (Lipinski definition) is 3. The van der Waals surface area contributed by atoms with Crippen molar-refractivity contribution in [2.75, 3.05) is 13.1 Å². The van der Waals surface area contributed by atoms with E-state index < -0.39 is 11.9 Å². The predicted octanol–water partition coefficient (Wildman–Crippen LogP) is 2.69. The van der Waals surface area contributed by atoms with Crippen LogP contribution in [0.3, 0.4) is 0 Å². The van der Waals surface area contributed by atoms with Crippen molar-refractivity contribution in [3.63, 3.8) is 0 Å². The van der Waals surface area contributed by atoms with Crippen LogP contribution in [0, 0.1) is 11.8 Å². The summed E-state index contributed by atoms with van der Waals surface area (Å²) in [4.78, 5) is 25.1. The van der Waals surface area contributed by atoms with E-state index in [0.29, 0.717) is 19.5 Å². The van der Waals surface area contributed by atoms with Crippen LogP contribution in [0.4, 0.5) is 4.79 Å². The van der Waals surface area contributed by atoms with Crippen LogP contribution >= 0.6 is 0 Å². The molecule has 2 unspecified atom stereocenters. The standard InChI is InChI=1S/C17H20N2O4/c1-11-6-12(16(20)21)9-19(8-11)17(22)18-7-13-10-23-15-5-3-2-4-14(13)15/h2-5,10-12H,6-9H2,1H3,(H,18,22)(H,20,21). The van der Waals surface area contributed by atoms with Crippen LogP contribution in [0.1, 0.15) is 18.9 Å². The number of nitrogens with one attached hydrogen (secondary N) is 1. The Balaban J connectivity index is 1.63. The highest BCUT2D eigenvalue weighted by Gasteiger charge is 2.31. The van der Waals surface area contributed by atoms with E-state index in [1.807, 2.05) is 31.2 Å². The molecular weight excluding hydrogens is 296 g/mol. The first-order valence-corrected chi connectivity index (χ1v) is 7.75. The summed E-state index contributed by atoms with van der Waals surface area (Å²) in [6.45, 7) is 3.18. The van der Waals surface area contributed by atoms with E-state index in [-0.39, 0.29) is 18.5 Å². The van der Waals surface area contributed by atoms with Crippen LogP contribution < -0.4 is 5.32 Å². The van der Waals surface area contributed by atoms with E-state index in [0.717, 1.165) is 16.5 Å². The minimum Gasteiger partial charge on any atom is -0.481 e. The maximum Gasteiger partial charge on any atom is 0.317 e. The molecule has 1 aromatic heterocycles. The third kappa shape index (κ3) is 3.31. The fraction of sp³-hybridized carbons (Fsp3) is 0.412. The Bertz CT molecular complexity index is 724. The molecule has 2 amide bonds. The normalized spacial score (nSPS) is 21.3. The van der Waals surface area contributed by atoms with Gasteiger partial charge in [-0.25, -0.2) is 4.79 Å². The van der Waals surface area contributed by atoms with Crippen molar-refractivity contribution in [1.29, 1.82) is 0 Å². The molecule has 3 rings (SSSR count). The highest BCUT2D eigenvalue weighted by atomic mass is 16.4. The van der Waals surface area contributed by atoms with E-state index >= 15 is 0 Å². The number of likely N-dealkylation sites (tertiary alicyclic amines) is 1. The molecule has 1 aliphatic heterocycles. The van der Waals surface area contributed by atoms with Gasteiger partial charge in [0.15, 0.2) is 0 Å². The van der Waals surface area contributed by atoms with Gasteiger partial charge in [0, 0.05) is 30.6 Å². The predicted molar refractivity (Wildman–Crippen MR) is 84.9 cm³/mol. The second kappa shape index (κ2) is 6.32. The lowest BCUT2D eigenvalue weighted by Crippen LogP contribution is -2.49.